The third kappa shape index (κ3) is 6.54. The van der Waals surface area contributed by atoms with Gasteiger partial charge in [-0.1, -0.05) is 17.4 Å². The van der Waals surface area contributed by atoms with E-state index in [0.717, 1.165) is 17.4 Å². The number of hydrogen-bond donors (Lipinski definition) is 2. The van der Waals surface area contributed by atoms with Crippen molar-refractivity contribution in [1.82, 2.24) is 15.6 Å². The summed E-state index contributed by atoms with van der Waals surface area (Å²) in [7, 11) is 0. The van der Waals surface area contributed by atoms with Gasteiger partial charge in [0.15, 0.2) is 11.5 Å². The molecular weight excluding hydrogens is 452 g/mol. The van der Waals surface area contributed by atoms with Gasteiger partial charge < -0.3 is 15.2 Å². The summed E-state index contributed by atoms with van der Waals surface area (Å²) in [6.45, 7) is 2.05. The first-order valence-corrected chi connectivity index (χ1v) is 10.3. The number of amides is 1. The van der Waals surface area contributed by atoms with Crippen molar-refractivity contribution in [2.24, 2.45) is 5.10 Å². The van der Waals surface area contributed by atoms with Crippen molar-refractivity contribution in [2.45, 2.75) is 13.3 Å². The second kappa shape index (κ2) is 10.8. The molecule has 0 bridgehead atoms. The molecule has 1 aromatic heterocycles. The summed E-state index contributed by atoms with van der Waals surface area (Å²) in [5.74, 6) is -0.778. The van der Waals surface area contributed by atoms with Crippen LogP contribution in [0.4, 0.5) is 10.8 Å². The van der Waals surface area contributed by atoms with Crippen molar-refractivity contribution >= 4 is 40.2 Å². The highest BCUT2D eigenvalue weighted by Gasteiger charge is 2.16. The molecule has 170 valence electrons. The largest absolute Gasteiger partial charge is 0.490 e. The van der Waals surface area contributed by atoms with Crippen LogP contribution in [0.25, 0.3) is 0 Å². The summed E-state index contributed by atoms with van der Waals surface area (Å²) in [5.41, 5.74) is 8.21. The van der Waals surface area contributed by atoms with E-state index in [1.54, 1.807) is 19.1 Å². The number of nitrogens with two attached hydrogens (primary N) is 1. The zero-order valence-corrected chi connectivity index (χ0v) is 18.1. The monoisotopic (exact) mass is 470 g/mol. The number of carbonyl (C=O) groups is 2. The van der Waals surface area contributed by atoms with Crippen LogP contribution in [0, 0.1) is 10.1 Å². The lowest BCUT2D eigenvalue weighted by Crippen LogP contribution is -2.19. The Balaban J connectivity index is 1.67. The van der Waals surface area contributed by atoms with E-state index >= 15 is 0 Å². The Labute approximate surface area is 191 Å². The van der Waals surface area contributed by atoms with E-state index in [-0.39, 0.29) is 34.3 Å². The van der Waals surface area contributed by atoms with E-state index in [4.69, 9.17) is 15.2 Å². The number of ether oxygens (including phenoxy) is 2. The Morgan fingerprint density at radius 1 is 1.24 bits per heavy atom. The fourth-order valence-electron chi connectivity index (χ4n) is 2.56. The number of aromatic nitrogens is 2. The average molecular weight is 470 g/mol. The van der Waals surface area contributed by atoms with Gasteiger partial charge in [-0.2, -0.15) is 5.10 Å². The summed E-state index contributed by atoms with van der Waals surface area (Å²) in [6.07, 6.45) is 1.38. The molecule has 3 rings (SSSR count). The Morgan fingerprint density at radius 3 is 2.76 bits per heavy atom. The molecule has 2 aromatic carbocycles. The highest BCUT2D eigenvalue weighted by Crippen LogP contribution is 2.29. The Hall–Kier alpha value is -4.39. The molecule has 0 unspecified atom stereocenters. The summed E-state index contributed by atoms with van der Waals surface area (Å²) >= 11 is 1.11. The molecule has 0 radical (unpaired) electrons. The maximum Gasteiger partial charge on any atom is 0.343 e. The van der Waals surface area contributed by atoms with E-state index in [2.05, 4.69) is 20.7 Å². The molecular formula is C20H18N6O6S. The fraction of sp³-hybridized carbons (Fsp3) is 0.150. The number of nitrogen functional groups attached to an aromatic ring is 1. The minimum absolute atomic E-state index is 0.0110. The predicted octanol–water partition coefficient (Wildman–Crippen LogP) is 2.34. The van der Waals surface area contributed by atoms with E-state index < -0.39 is 16.8 Å². The molecule has 0 atom stereocenters. The van der Waals surface area contributed by atoms with Gasteiger partial charge in [-0.3, -0.25) is 14.9 Å². The van der Waals surface area contributed by atoms with Gasteiger partial charge in [0.25, 0.3) is 5.69 Å². The Morgan fingerprint density at radius 2 is 2.06 bits per heavy atom. The molecule has 0 aliphatic carbocycles. The molecule has 1 heterocycles. The maximum atomic E-state index is 12.4. The fourth-order valence-corrected chi connectivity index (χ4v) is 3.16. The second-order valence-electron chi connectivity index (χ2n) is 6.34. The minimum atomic E-state index is -0.773. The molecule has 1 amide bonds. The highest BCUT2D eigenvalue weighted by atomic mass is 32.1. The standard InChI is InChI=1S/C20H18N6O6S/c1-2-31-16-8-12(11-22-23-17(27)10-18-24-25-20(21)33-18)6-7-15(16)32-19(28)13-4-3-5-14(9-13)26(29)30/h3-9,11H,2,10H2,1H3,(H2,21,25)(H,23,27)/b22-11-. The predicted molar refractivity (Wildman–Crippen MR) is 119 cm³/mol. The quantitative estimate of drug-likeness (QED) is 0.156. The van der Waals surface area contributed by atoms with Crippen molar-refractivity contribution in [3.63, 3.8) is 0 Å². The topological polar surface area (TPSA) is 172 Å². The first kappa shape index (κ1) is 23.3. The molecule has 3 aromatic rings. The van der Waals surface area contributed by atoms with Gasteiger partial charge in [-0.05, 0) is 36.8 Å². The third-order valence-corrected chi connectivity index (χ3v) is 4.71. The number of benzene rings is 2. The van der Waals surface area contributed by atoms with Crippen molar-refractivity contribution in [2.75, 3.05) is 12.3 Å². The van der Waals surface area contributed by atoms with Gasteiger partial charge in [0.1, 0.15) is 5.01 Å². The summed E-state index contributed by atoms with van der Waals surface area (Å²) in [4.78, 5) is 34.7. The second-order valence-corrected chi connectivity index (χ2v) is 7.43. The van der Waals surface area contributed by atoms with Crippen LogP contribution in [-0.2, 0) is 11.2 Å². The van der Waals surface area contributed by atoms with Crippen LogP contribution >= 0.6 is 11.3 Å². The molecule has 0 spiro atoms. The number of nitro groups is 1. The van der Waals surface area contributed by atoms with Crippen LogP contribution in [-0.4, -0.2) is 39.8 Å². The number of hydrazone groups is 1. The Kier molecular flexibility index (Phi) is 7.60. The molecule has 13 heteroatoms. The molecule has 3 N–H and O–H groups in total. The number of nitrogens with one attached hydrogen (secondary N) is 1. The molecule has 0 aliphatic heterocycles. The van der Waals surface area contributed by atoms with Crippen LogP contribution in [0.1, 0.15) is 27.9 Å². The molecule has 0 saturated heterocycles. The zero-order valence-electron chi connectivity index (χ0n) is 17.3. The molecule has 12 nitrogen and oxygen atoms in total. The lowest BCUT2D eigenvalue weighted by molar-refractivity contribution is -0.384. The number of carbonyl (C=O) groups excluding carboxylic acids is 2. The van der Waals surface area contributed by atoms with Gasteiger partial charge in [-0.15, -0.1) is 10.2 Å². The lowest BCUT2D eigenvalue weighted by atomic mass is 10.2. The van der Waals surface area contributed by atoms with Crippen molar-refractivity contribution in [3.8, 4) is 11.5 Å². The minimum Gasteiger partial charge on any atom is -0.490 e. The normalized spacial score (nSPS) is 10.7. The van der Waals surface area contributed by atoms with Crippen molar-refractivity contribution in [3.05, 3.63) is 68.7 Å². The number of nitrogens with zero attached hydrogens (tertiary/aromatic N) is 4. The number of hydrogen-bond acceptors (Lipinski definition) is 11. The first-order chi connectivity index (χ1) is 15.9. The summed E-state index contributed by atoms with van der Waals surface area (Å²) in [6, 6.07) is 9.87. The number of non-ortho nitro benzene ring substituents is 1. The van der Waals surface area contributed by atoms with E-state index in [1.807, 2.05) is 0 Å². The van der Waals surface area contributed by atoms with Crippen LogP contribution in [0.2, 0.25) is 0 Å². The smallest absolute Gasteiger partial charge is 0.343 e. The lowest BCUT2D eigenvalue weighted by Gasteiger charge is -2.11. The molecule has 0 fully saturated rings. The number of anilines is 1. The zero-order chi connectivity index (χ0) is 23.8. The Bertz CT molecular complexity index is 1210. The molecule has 0 aliphatic rings. The number of nitro benzene ring substituents is 1. The van der Waals surface area contributed by atoms with Gasteiger partial charge in [-0.25, -0.2) is 10.2 Å². The van der Waals surface area contributed by atoms with Crippen LogP contribution in [0.5, 0.6) is 11.5 Å². The van der Waals surface area contributed by atoms with Gasteiger partial charge in [0.05, 0.1) is 29.7 Å². The van der Waals surface area contributed by atoms with E-state index in [0.29, 0.717) is 17.2 Å². The van der Waals surface area contributed by atoms with Gasteiger partial charge >= 0.3 is 5.97 Å². The number of rotatable bonds is 9. The average Bonchev–Trinajstić information content (AvgIpc) is 3.20. The SMILES string of the molecule is CCOc1cc(/C=N\NC(=O)Cc2nnc(N)s2)ccc1OC(=O)c1cccc([N+](=O)[O-])c1. The van der Waals surface area contributed by atoms with Crippen molar-refractivity contribution in [1.29, 1.82) is 0 Å². The van der Waals surface area contributed by atoms with Gasteiger partial charge in [0, 0.05) is 12.1 Å². The molecule has 0 saturated carbocycles. The van der Waals surface area contributed by atoms with E-state index in [9.17, 15) is 19.7 Å². The van der Waals surface area contributed by atoms with Crippen LogP contribution in [0.3, 0.4) is 0 Å². The molecule has 33 heavy (non-hydrogen) atoms. The van der Waals surface area contributed by atoms with E-state index in [1.165, 1.54) is 30.5 Å². The highest BCUT2D eigenvalue weighted by molar-refractivity contribution is 7.15. The maximum absolute atomic E-state index is 12.4. The number of esters is 1. The first-order valence-electron chi connectivity index (χ1n) is 9.49. The van der Waals surface area contributed by atoms with Crippen molar-refractivity contribution < 1.29 is 24.0 Å². The van der Waals surface area contributed by atoms with Crippen LogP contribution < -0.4 is 20.6 Å². The van der Waals surface area contributed by atoms with Gasteiger partial charge in [0.2, 0.25) is 11.0 Å². The summed E-state index contributed by atoms with van der Waals surface area (Å²) < 4.78 is 10.9. The third-order valence-electron chi connectivity index (χ3n) is 3.96. The summed E-state index contributed by atoms with van der Waals surface area (Å²) in [5, 5.41) is 22.9. The van der Waals surface area contributed by atoms with Crippen LogP contribution in [0.15, 0.2) is 47.6 Å².